The average molecular weight is 228 g/mol. The fraction of sp³-hybridized carbons (Fsp3) is 0.333. The van der Waals surface area contributed by atoms with Crippen LogP contribution in [0.3, 0.4) is 0 Å². The molecule has 0 aliphatic carbocycles. The summed E-state index contributed by atoms with van der Waals surface area (Å²) in [5, 5.41) is 6.10. The number of fused-ring (bicyclic) bond motifs is 1. The SMILES string of the molecule is CCN(C)CCNc1cccc2ccccc12. The number of anilines is 1. The van der Waals surface area contributed by atoms with E-state index in [-0.39, 0.29) is 0 Å². The number of likely N-dealkylation sites (N-methyl/N-ethyl adjacent to an activating group) is 1. The van der Waals surface area contributed by atoms with E-state index in [0.717, 1.165) is 19.6 Å². The minimum atomic E-state index is 0.984. The van der Waals surface area contributed by atoms with Crippen LogP contribution in [0.15, 0.2) is 42.5 Å². The zero-order chi connectivity index (χ0) is 12.1. The largest absolute Gasteiger partial charge is 0.383 e. The molecule has 0 heterocycles. The molecule has 0 spiro atoms. The molecular weight excluding hydrogens is 208 g/mol. The predicted molar refractivity (Wildman–Crippen MR) is 75.6 cm³/mol. The van der Waals surface area contributed by atoms with E-state index in [9.17, 15) is 0 Å². The van der Waals surface area contributed by atoms with Crippen LogP contribution >= 0.6 is 0 Å². The molecule has 2 rings (SSSR count). The van der Waals surface area contributed by atoms with Crippen molar-refractivity contribution in [2.45, 2.75) is 6.92 Å². The lowest BCUT2D eigenvalue weighted by molar-refractivity contribution is 0.367. The lowest BCUT2D eigenvalue weighted by Crippen LogP contribution is -2.24. The molecule has 0 fully saturated rings. The van der Waals surface area contributed by atoms with Gasteiger partial charge in [-0.15, -0.1) is 0 Å². The number of nitrogens with one attached hydrogen (secondary N) is 1. The molecule has 90 valence electrons. The fourth-order valence-electron chi connectivity index (χ4n) is 1.92. The zero-order valence-corrected chi connectivity index (χ0v) is 10.6. The molecule has 2 heteroatoms. The second kappa shape index (κ2) is 5.69. The molecule has 0 unspecified atom stereocenters. The van der Waals surface area contributed by atoms with E-state index in [4.69, 9.17) is 0 Å². The highest BCUT2D eigenvalue weighted by atomic mass is 15.1. The van der Waals surface area contributed by atoms with Gasteiger partial charge in [-0.05, 0) is 25.0 Å². The van der Waals surface area contributed by atoms with E-state index in [1.54, 1.807) is 0 Å². The van der Waals surface area contributed by atoms with Crippen molar-refractivity contribution < 1.29 is 0 Å². The minimum absolute atomic E-state index is 0.984. The van der Waals surface area contributed by atoms with Crippen molar-refractivity contribution in [3.63, 3.8) is 0 Å². The quantitative estimate of drug-likeness (QED) is 0.845. The Balaban J connectivity index is 2.08. The zero-order valence-electron chi connectivity index (χ0n) is 10.6. The minimum Gasteiger partial charge on any atom is -0.383 e. The molecule has 0 saturated carbocycles. The molecule has 0 saturated heterocycles. The van der Waals surface area contributed by atoms with E-state index in [0.29, 0.717) is 0 Å². The van der Waals surface area contributed by atoms with Crippen LogP contribution in [0.4, 0.5) is 5.69 Å². The highest BCUT2D eigenvalue weighted by Gasteiger charge is 1.99. The van der Waals surface area contributed by atoms with Crippen LogP contribution in [-0.2, 0) is 0 Å². The highest BCUT2D eigenvalue weighted by molar-refractivity contribution is 5.93. The molecule has 1 N–H and O–H groups in total. The maximum Gasteiger partial charge on any atom is 0.0420 e. The summed E-state index contributed by atoms with van der Waals surface area (Å²) >= 11 is 0. The van der Waals surface area contributed by atoms with Crippen molar-refractivity contribution in [1.29, 1.82) is 0 Å². The van der Waals surface area contributed by atoms with Gasteiger partial charge in [-0.1, -0.05) is 43.3 Å². The van der Waals surface area contributed by atoms with Crippen LogP contribution in [-0.4, -0.2) is 31.6 Å². The van der Waals surface area contributed by atoms with Crippen LogP contribution in [0, 0.1) is 0 Å². The Morgan fingerprint density at radius 1 is 1.06 bits per heavy atom. The smallest absolute Gasteiger partial charge is 0.0420 e. The summed E-state index contributed by atoms with van der Waals surface area (Å²) in [5.74, 6) is 0. The summed E-state index contributed by atoms with van der Waals surface area (Å²) in [6.45, 7) is 5.33. The molecule has 0 bridgehead atoms. The molecule has 2 aromatic carbocycles. The third-order valence-corrected chi connectivity index (χ3v) is 3.14. The van der Waals surface area contributed by atoms with Crippen LogP contribution in [0.25, 0.3) is 10.8 Å². The summed E-state index contributed by atoms with van der Waals surface area (Å²) in [7, 11) is 2.14. The van der Waals surface area contributed by atoms with Gasteiger partial charge in [0.1, 0.15) is 0 Å². The Morgan fingerprint density at radius 2 is 1.82 bits per heavy atom. The first-order chi connectivity index (χ1) is 8.31. The van der Waals surface area contributed by atoms with Crippen molar-refractivity contribution in [2.75, 3.05) is 32.0 Å². The molecule has 17 heavy (non-hydrogen) atoms. The van der Waals surface area contributed by atoms with Crippen LogP contribution in [0.1, 0.15) is 6.92 Å². The molecule has 0 radical (unpaired) electrons. The van der Waals surface area contributed by atoms with E-state index in [2.05, 4.69) is 66.7 Å². The first kappa shape index (κ1) is 11.9. The summed E-state index contributed by atoms with van der Waals surface area (Å²) in [6.07, 6.45) is 0. The number of rotatable bonds is 5. The topological polar surface area (TPSA) is 15.3 Å². The second-order valence-electron chi connectivity index (χ2n) is 4.35. The van der Waals surface area contributed by atoms with Gasteiger partial charge in [0, 0.05) is 24.2 Å². The molecule has 0 aliphatic rings. The van der Waals surface area contributed by atoms with Crippen LogP contribution in [0.5, 0.6) is 0 Å². The molecule has 0 aromatic heterocycles. The Morgan fingerprint density at radius 3 is 2.65 bits per heavy atom. The van der Waals surface area contributed by atoms with Gasteiger partial charge in [0.15, 0.2) is 0 Å². The van der Waals surface area contributed by atoms with Crippen LogP contribution < -0.4 is 5.32 Å². The third-order valence-electron chi connectivity index (χ3n) is 3.14. The first-order valence-corrected chi connectivity index (χ1v) is 6.21. The lowest BCUT2D eigenvalue weighted by Gasteiger charge is -2.15. The predicted octanol–water partition coefficient (Wildman–Crippen LogP) is 3.20. The van der Waals surface area contributed by atoms with Gasteiger partial charge in [-0.25, -0.2) is 0 Å². The van der Waals surface area contributed by atoms with Gasteiger partial charge in [0.2, 0.25) is 0 Å². The average Bonchev–Trinajstić information content (AvgIpc) is 2.39. The van der Waals surface area contributed by atoms with E-state index >= 15 is 0 Å². The number of benzene rings is 2. The lowest BCUT2D eigenvalue weighted by atomic mass is 10.1. The van der Waals surface area contributed by atoms with E-state index < -0.39 is 0 Å². The summed E-state index contributed by atoms with van der Waals surface area (Å²) in [5.41, 5.74) is 1.23. The molecule has 0 aliphatic heterocycles. The Bertz CT molecular complexity index is 474. The van der Waals surface area contributed by atoms with Gasteiger partial charge in [0.05, 0.1) is 0 Å². The van der Waals surface area contributed by atoms with Crippen LogP contribution in [0.2, 0.25) is 0 Å². The number of hydrogen-bond acceptors (Lipinski definition) is 2. The van der Waals surface area contributed by atoms with Gasteiger partial charge < -0.3 is 10.2 Å². The molecule has 0 atom stereocenters. The van der Waals surface area contributed by atoms with Crippen molar-refractivity contribution in [1.82, 2.24) is 4.90 Å². The first-order valence-electron chi connectivity index (χ1n) is 6.21. The fourth-order valence-corrected chi connectivity index (χ4v) is 1.92. The number of hydrogen-bond donors (Lipinski definition) is 1. The van der Waals surface area contributed by atoms with Gasteiger partial charge in [0.25, 0.3) is 0 Å². The van der Waals surface area contributed by atoms with Crippen molar-refractivity contribution in [2.24, 2.45) is 0 Å². The molecule has 0 amide bonds. The third kappa shape index (κ3) is 2.98. The summed E-state index contributed by atoms with van der Waals surface area (Å²) in [4.78, 5) is 2.30. The number of nitrogens with zero attached hydrogens (tertiary/aromatic N) is 1. The van der Waals surface area contributed by atoms with E-state index in [1.807, 2.05) is 0 Å². The van der Waals surface area contributed by atoms with Gasteiger partial charge in [-0.3, -0.25) is 0 Å². The van der Waals surface area contributed by atoms with E-state index in [1.165, 1.54) is 16.5 Å². The molecular formula is C15H20N2. The Hall–Kier alpha value is -1.54. The monoisotopic (exact) mass is 228 g/mol. The van der Waals surface area contributed by atoms with Crippen molar-refractivity contribution in [3.8, 4) is 0 Å². The summed E-state index contributed by atoms with van der Waals surface area (Å²) < 4.78 is 0. The maximum absolute atomic E-state index is 3.51. The highest BCUT2D eigenvalue weighted by Crippen LogP contribution is 2.22. The Labute approximate surface area is 103 Å². The maximum atomic E-state index is 3.51. The molecule has 2 nitrogen and oxygen atoms in total. The normalized spacial score (nSPS) is 11.0. The standard InChI is InChI=1S/C15H20N2/c1-3-17(2)12-11-16-15-10-6-8-13-7-4-5-9-14(13)15/h4-10,16H,3,11-12H2,1-2H3. The van der Waals surface area contributed by atoms with Gasteiger partial charge >= 0.3 is 0 Å². The Kier molecular flexibility index (Phi) is 3.99. The summed E-state index contributed by atoms with van der Waals surface area (Å²) in [6, 6.07) is 14.9. The van der Waals surface area contributed by atoms with Crippen molar-refractivity contribution in [3.05, 3.63) is 42.5 Å². The second-order valence-corrected chi connectivity index (χ2v) is 4.35. The molecule has 2 aromatic rings. The van der Waals surface area contributed by atoms with Gasteiger partial charge in [-0.2, -0.15) is 0 Å². The van der Waals surface area contributed by atoms with Crippen molar-refractivity contribution >= 4 is 16.5 Å².